The number of hydrogen-bond acceptors (Lipinski definition) is 1. The average Bonchev–Trinajstić information content (AvgIpc) is 2.15. The molecule has 0 heterocycles. The van der Waals surface area contributed by atoms with E-state index in [1.165, 1.54) is 5.56 Å². The SMILES string of the molecule is C#Cc1ccc(C(C)(C)C)c(OC)c1. The maximum atomic E-state index is 5.33. The number of rotatable bonds is 1. The number of ether oxygens (including phenoxy) is 1. The van der Waals surface area contributed by atoms with Gasteiger partial charge in [-0.25, -0.2) is 0 Å². The molecule has 0 fully saturated rings. The highest BCUT2D eigenvalue weighted by atomic mass is 16.5. The Morgan fingerprint density at radius 3 is 2.36 bits per heavy atom. The molecule has 0 radical (unpaired) electrons. The zero-order valence-corrected chi connectivity index (χ0v) is 9.22. The quantitative estimate of drug-likeness (QED) is 0.616. The van der Waals surface area contributed by atoms with E-state index in [1.54, 1.807) is 7.11 Å². The number of benzene rings is 1. The van der Waals surface area contributed by atoms with Gasteiger partial charge in [0.2, 0.25) is 0 Å². The molecule has 0 spiro atoms. The van der Waals surface area contributed by atoms with Gasteiger partial charge in [0.25, 0.3) is 0 Å². The fourth-order valence-electron chi connectivity index (χ4n) is 1.40. The molecule has 0 saturated carbocycles. The van der Waals surface area contributed by atoms with Crippen molar-refractivity contribution in [3.8, 4) is 18.1 Å². The fraction of sp³-hybridized carbons (Fsp3) is 0.385. The van der Waals surface area contributed by atoms with Crippen molar-refractivity contribution in [2.75, 3.05) is 7.11 Å². The molecule has 0 N–H and O–H groups in total. The van der Waals surface area contributed by atoms with Crippen LogP contribution in [0.4, 0.5) is 0 Å². The monoisotopic (exact) mass is 188 g/mol. The van der Waals surface area contributed by atoms with Gasteiger partial charge >= 0.3 is 0 Å². The predicted octanol–water partition coefficient (Wildman–Crippen LogP) is 2.97. The second-order valence-corrected chi connectivity index (χ2v) is 4.31. The van der Waals surface area contributed by atoms with Crippen LogP contribution in [0, 0.1) is 12.3 Å². The standard InChI is InChI=1S/C13H16O/c1-6-10-7-8-11(13(2,3)4)12(9-10)14-5/h1,7-9H,2-5H3. The van der Waals surface area contributed by atoms with E-state index in [1.807, 2.05) is 18.2 Å². The first-order valence-electron chi connectivity index (χ1n) is 4.64. The molecular formula is C13H16O. The van der Waals surface area contributed by atoms with Crippen molar-refractivity contribution in [3.63, 3.8) is 0 Å². The molecule has 0 atom stereocenters. The lowest BCUT2D eigenvalue weighted by atomic mass is 9.86. The molecule has 1 nitrogen and oxygen atoms in total. The number of hydrogen-bond donors (Lipinski definition) is 0. The lowest BCUT2D eigenvalue weighted by Crippen LogP contribution is -2.12. The number of terminal acetylenes is 1. The van der Waals surface area contributed by atoms with Crippen molar-refractivity contribution >= 4 is 0 Å². The molecule has 0 aromatic heterocycles. The van der Waals surface area contributed by atoms with Crippen molar-refractivity contribution in [2.45, 2.75) is 26.2 Å². The third-order valence-electron chi connectivity index (χ3n) is 2.18. The first kappa shape index (κ1) is 10.7. The molecule has 0 aliphatic rings. The molecule has 0 aliphatic carbocycles. The summed E-state index contributed by atoms with van der Waals surface area (Å²) in [7, 11) is 1.67. The predicted molar refractivity (Wildman–Crippen MR) is 59.6 cm³/mol. The van der Waals surface area contributed by atoms with Gasteiger partial charge in [0, 0.05) is 5.56 Å². The molecule has 1 aromatic carbocycles. The van der Waals surface area contributed by atoms with E-state index in [4.69, 9.17) is 11.2 Å². The van der Waals surface area contributed by atoms with Gasteiger partial charge in [-0.3, -0.25) is 0 Å². The van der Waals surface area contributed by atoms with Crippen LogP contribution in [0.1, 0.15) is 31.9 Å². The van der Waals surface area contributed by atoms with Crippen molar-refractivity contribution in [2.24, 2.45) is 0 Å². The van der Waals surface area contributed by atoms with Crippen LogP contribution in [0.5, 0.6) is 5.75 Å². The molecule has 0 unspecified atom stereocenters. The minimum Gasteiger partial charge on any atom is -0.496 e. The van der Waals surface area contributed by atoms with E-state index in [0.717, 1.165) is 11.3 Å². The second kappa shape index (κ2) is 3.75. The first-order chi connectivity index (χ1) is 6.49. The molecular weight excluding hydrogens is 172 g/mol. The lowest BCUT2D eigenvalue weighted by molar-refractivity contribution is 0.397. The Balaban J connectivity index is 3.27. The molecule has 1 heteroatoms. The summed E-state index contributed by atoms with van der Waals surface area (Å²) >= 11 is 0. The third kappa shape index (κ3) is 2.09. The summed E-state index contributed by atoms with van der Waals surface area (Å²) in [6, 6.07) is 5.89. The van der Waals surface area contributed by atoms with E-state index in [-0.39, 0.29) is 5.41 Å². The van der Waals surface area contributed by atoms with E-state index in [9.17, 15) is 0 Å². The minimum atomic E-state index is 0.0818. The van der Waals surface area contributed by atoms with Gasteiger partial charge in [-0.1, -0.05) is 32.8 Å². The smallest absolute Gasteiger partial charge is 0.123 e. The third-order valence-corrected chi connectivity index (χ3v) is 2.18. The largest absolute Gasteiger partial charge is 0.496 e. The summed E-state index contributed by atoms with van der Waals surface area (Å²) in [6.45, 7) is 6.46. The van der Waals surface area contributed by atoms with Crippen LogP contribution in [0.2, 0.25) is 0 Å². The summed E-state index contributed by atoms with van der Waals surface area (Å²) in [5, 5.41) is 0. The number of methoxy groups -OCH3 is 1. The highest BCUT2D eigenvalue weighted by Crippen LogP contribution is 2.31. The van der Waals surface area contributed by atoms with Gasteiger partial charge in [-0.15, -0.1) is 6.42 Å². The van der Waals surface area contributed by atoms with Crippen molar-refractivity contribution in [1.82, 2.24) is 0 Å². The van der Waals surface area contributed by atoms with Crippen LogP contribution in [-0.2, 0) is 5.41 Å². The highest BCUT2D eigenvalue weighted by Gasteiger charge is 2.18. The van der Waals surface area contributed by atoms with Crippen molar-refractivity contribution in [1.29, 1.82) is 0 Å². The molecule has 74 valence electrons. The van der Waals surface area contributed by atoms with Gasteiger partial charge in [0.15, 0.2) is 0 Å². The average molecular weight is 188 g/mol. The highest BCUT2D eigenvalue weighted by molar-refractivity contribution is 5.46. The summed E-state index contributed by atoms with van der Waals surface area (Å²) in [6.07, 6.45) is 5.33. The van der Waals surface area contributed by atoms with Gasteiger partial charge in [0.1, 0.15) is 5.75 Å². The van der Waals surface area contributed by atoms with E-state index < -0.39 is 0 Å². The van der Waals surface area contributed by atoms with E-state index in [0.29, 0.717) is 0 Å². The second-order valence-electron chi connectivity index (χ2n) is 4.31. The van der Waals surface area contributed by atoms with Crippen molar-refractivity contribution in [3.05, 3.63) is 29.3 Å². The first-order valence-corrected chi connectivity index (χ1v) is 4.64. The van der Waals surface area contributed by atoms with Crippen LogP contribution in [0.25, 0.3) is 0 Å². The van der Waals surface area contributed by atoms with E-state index >= 15 is 0 Å². The summed E-state index contributed by atoms with van der Waals surface area (Å²) in [5.74, 6) is 3.47. The molecule has 0 bridgehead atoms. The van der Waals surface area contributed by atoms with Gasteiger partial charge < -0.3 is 4.74 Å². The van der Waals surface area contributed by atoms with Gasteiger partial charge in [-0.2, -0.15) is 0 Å². The molecule has 0 aliphatic heterocycles. The Kier molecular flexibility index (Phi) is 2.86. The maximum absolute atomic E-state index is 5.33. The Morgan fingerprint density at radius 2 is 1.93 bits per heavy atom. The minimum absolute atomic E-state index is 0.0818. The Morgan fingerprint density at radius 1 is 1.29 bits per heavy atom. The van der Waals surface area contributed by atoms with Crippen LogP contribution < -0.4 is 4.74 Å². The summed E-state index contributed by atoms with van der Waals surface area (Å²) < 4.78 is 5.32. The van der Waals surface area contributed by atoms with Gasteiger partial charge in [-0.05, 0) is 23.1 Å². The zero-order valence-electron chi connectivity index (χ0n) is 9.22. The maximum Gasteiger partial charge on any atom is 0.123 e. The molecule has 1 aromatic rings. The molecule has 0 saturated heterocycles. The van der Waals surface area contributed by atoms with E-state index in [2.05, 4.69) is 26.7 Å². The topological polar surface area (TPSA) is 9.23 Å². The normalized spacial score (nSPS) is 10.8. The summed E-state index contributed by atoms with van der Waals surface area (Å²) in [4.78, 5) is 0. The fourth-order valence-corrected chi connectivity index (χ4v) is 1.40. The van der Waals surface area contributed by atoms with Crippen LogP contribution in [-0.4, -0.2) is 7.11 Å². The van der Waals surface area contributed by atoms with Crippen LogP contribution >= 0.6 is 0 Å². The Labute approximate surface area is 86.1 Å². The Hall–Kier alpha value is -1.42. The van der Waals surface area contributed by atoms with Gasteiger partial charge in [0.05, 0.1) is 7.11 Å². The molecule has 1 rings (SSSR count). The van der Waals surface area contributed by atoms with Crippen molar-refractivity contribution < 1.29 is 4.74 Å². The van der Waals surface area contributed by atoms with Crippen LogP contribution in [0.3, 0.4) is 0 Å². The zero-order chi connectivity index (χ0) is 10.8. The summed E-state index contributed by atoms with van der Waals surface area (Å²) in [5.41, 5.74) is 2.12. The molecule has 0 amide bonds. The molecule has 14 heavy (non-hydrogen) atoms. The lowest BCUT2D eigenvalue weighted by Gasteiger charge is -2.22. The Bertz CT molecular complexity index is 364. The van der Waals surface area contributed by atoms with Crippen LogP contribution in [0.15, 0.2) is 18.2 Å².